The number of rotatable bonds is 3. The molecule has 1 aliphatic heterocycles. The second kappa shape index (κ2) is 4.14. The molecule has 1 aromatic heterocycles. The quantitative estimate of drug-likeness (QED) is 0.822. The van der Waals surface area contributed by atoms with Crippen molar-refractivity contribution in [1.29, 1.82) is 0 Å². The van der Waals surface area contributed by atoms with Gasteiger partial charge in [0.25, 0.3) is 6.01 Å². The average molecular weight is 217 g/mol. The van der Waals surface area contributed by atoms with E-state index in [9.17, 15) is 0 Å². The van der Waals surface area contributed by atoms with Crippen LogP contribution in [0.15, 0.2) is 24.3 Å². The largest absolute Gasteiger partial charge is 0.463 e. The van der Waals surface area contributed by atoms with Crippen LogP contribution in [0.1, 0.15) is 12.8 Å². The van der Waals surface area contributed by atoms with Crippen molar-refractivity contribution in [3.8, 4) is 6.01 Å². The van der Waals surface area contributed by atoms with Gasteiger partial charge in [-0.1, -0.05) is 12.1 Å². The lowest BCUT2D eigenvalue weighted by Crippen LogP contribution is -2.28. The summed E-state index contributed by atoms with van der Waals surface area (Å²) in [7, 11) is 0. The third-order valence-electron chi connectivity index (χ3n) is 2.95. The molecule has 2 heterocycles. The van der Waals surface area contributed by atoms with Crippen LogP contribution in [0.25, 0.3) is 11.0 Å². The molecule has 1 aromatic carbocycles. The summed E-state index contributed by atoms with van der Waals surface area (Å²) in [5.74, 6) is 0. The zero-order chi connectivity index (χ0) is 10.8. The molecule has 84 valence electrons. The minimum Gasteiger partial charge on any atom is -0.463 e. The first kappa shape index (κ1) is 9.66. The Morgan fingerprint density at radius 2 is 2.31 bits per heavy atom. The summed E-state index contributed by atoms with van der Waals surface area (Å²) >= 11 is 0. The standard InChI is InChI=1S/C12H15N3O/c1-2-6-11-10(5-1)14-12(15-11)16-8-9-4-3-7-13-9/h1-2,5-6,9,13H,3-4,7-8H2,(H,14,15). The maximum Gasteiger partial charge on any atom is 0.294 e. The molecule has 4 nitrogen and oxygen atoms in total. The third-order valence-corrected chi connectivity index (χ3v) is 2.95. The molecule has 1 aliphatic rings. The molecule has 3 rings (SSSR count). The van der Waals surface area contributed by atoms with E-state index in [1.54, 1.807) is 0 Å². The first-order valence-electron chi connectivity index (χ1n) is 5.73. The van der Waals surface area contributed by atoms with Gasteiger partial charge >= 0.3 is 0 Å². The van der Waals surface area contributed by atoms with E-state index >= 15 is 0 Å². The number of para-hydroxylation sites is 2. The lowest BCUT2D eigenvalue weighted by molar-refractivity contribution is 0.260. The average Bonchev–Trinajstić information content (AvgIpc) is 2.95. The highest BCUT2D eigenvalue weighted by Crippen LogP contribution is 2.15. The number of nitrogens with zero attached hydrogens (tertiary/aromatic N) is 1. The highest BCUT2D eigenvalue weighted by Gasteiger charge is 2.15. The molecule has 1 saturated heterocycles. The number of aromatic nitrogens is 2. The maximum atomic E-state index is 5.65. The van der Waals surface area contributed by atoms with Gasteiger partial charge in [0.2, 0.25) is 0 Å². The number of ether oxygens (including phenoxy) is 1. The molecule has 1 unspecified atom stereocenters. The fraction of sp³-hybridized carbons (Fsp3) is 0.417. The molecule has 1 atom stereocenters. The van der Waals surface area contributed by atoms with Crippen molar-refractivity contribution in [2.24, 2.45) is 0 Å². The van der Waals surface area contributed by atoms with Crippen molar-refractivity contribution in [3.63, 3.8) is 0 Å². The summed E-state index contributed by atoms with van der Waals surface area (Å²) in [5, 5.41) is 3.39. The van der Waals surface area contributed by atoms with Gasteiger partial charge < -0.3 is 15.0 Å². The number of hydrogen-bond acceptors (Lipinski definition) is 3. The van der Waals surface area contributed by atoms with Crippen LogP contribution in [0.2, 0.25) is 0 Å². The van der Waals surface area contributed by atoms with E-state index in [0.717, 1.165) is 17.6 Å². The first-order valence-corrected chi connectivity index (χ1v) is 5.73. The lowest BCUT2D eigenvalue weighted by Gasteiger charge is -2.09. The highest BCUT2D eigenvalue weighted by atomic mass is 16.5. The van der Waals surface area contributed by atoms with Crippen molar-refractivity contribution >= 4 is 11.0 Å². The number of H-pyrrole nitrogens is 1. The molecule has 2 aromatic rings. The Bertz CT molecular complexity index is 441. The molecule has 2 N–H and O–H groups in total. The van der Waals surface area contributed by atoms with Crippen LogP contribution in [0.3, 0.4) is 0 Å². The molecule has 16 heavy (non-hydrogen) atoms. The third kappa shape index (κ3) is 1.88. The summed E-state index contributed by atoms with van der Waals surface area (Å²) in [4.78, 5) is 7.53. The molecule has 0 spiro atoms. The number of hydrogen-bond donors (Lipinski definition) is 2. The molecular weight excluding hydrogens is 202 g/mol. The van der Waals surface area contributed by atoms with Crippen molar-refractivity contribution < 1.29 is 4.74 Å². The van der Waals surface area contributed by atoms with E-state index in [1.807, 2.05) is 24.3 Å². The summed E-state index contributed by atoms with van der Waals surface area (Å²) in [6.07, 6.45) is 2.44. The fourth-order valence-corrected chi connectivity index (χ4v) is 2.08. The molecule has 4 heteroatoms. The van der Waals surface area contributed by atoms with Gasteiger partial charge in [0.05, 0.1) is 11.0 Å². The Labute approximate surface area is 94.0 Å². The molecule has 1 fully saturated rings. The number of fused-ring (bicyclic) bond motifs is 1. The normalized spacial score (nSPS) is 20.4. The molecule has 0 radical (unpaired) electrons. The van der Waals surface area contributed by atoms with Gasteiger partial charge in [0.15, 0.2) is 0 Å². The molecule has 0 bridgehead atoms. The SMILES string of the molecule is c1ccc2[nH]c(OCC3CCCN3)nc2c1. The zero-order valence-corrected chi connectivity index (χ0v) is 9.07. The molecule has 0 amide bonds. The predicted octanol–water partition coefficient (Wildman–Crippen LogP) is 1.69. The molecule has 0 aliphatic carbocycles. The maximum absolute atomic E-state index is 5.65. The van der Waals surface area contributed by atoms with Gasteiger partial charge in [-0.15, -0.1) is 0 Å². The molecular formula is C12H15N3O. The van der Waals surface area contributed by atoms with Crippen LogP contribution < -0.4 is 10.1 Å². The number of benzene rings is 1. The van der Waals surface area contributed by atoms with Crippen LogP contribution in [0.5, 0.6) is 6.01 Å². The summed E-state index contributed by atoms with van der Waals surface area (Å²) in [6, 6.07) is 9.05. The monoisotopic (exact) mass is 217 g/mol. The van der Waals surface area contributed by atoms with E-state index < -0.39 is 0 Å². The van der Waals surface area contributed by atoms with Crippen molar-refractivity contribution in [1.82, 2.24) is 15.3 Å². The van der Waals surface area contributed by atoms with Gasteiger partial charge in [-0.25, -0.2) is 0 Å². The Morgan fingerprint density at radius 1 is 1.38 bits per heavy atom. The Kier molecular flexibility index (Phi) is 2.50. The van der Waals surface area contributed by atoms with E-state index in [-0.39, 0.29) is 0 Å². The van der Waals surface area contributed by atoms with Gasteiger partial charge in [-0.05, 0) is 31.5 Å². The summed E-state index contributed by atoms with van der Waals surface area (Å²) in [6.45, 7) is 1.80. The van der Waals surface area contributed by atoms with Gasteiger partial charge in [0, 0.05) is 6.04 Å². The second-order valence-corrected chi connectivity index (χ2v) is 4.16. The van der Waals surface area contributed by atoms with Crippen molar-refractivity contribution in [2.45, 2.75) is 18.9 Å². The van der Waals surface area contributed by atoms with Crippen LogP contribution >= 0.6 is 0 Å². The Morgan fingerprint density at radius 3 is 3.12 bits per heavy atom. The number of imidazole rings is 1. The summed E-state index contributed by atoms with van der Waals surface area (Å²) < 4.78 is 5.65. The summed E-state index contributed by atoms with van der Waals surface area (Å²) in [5.41, 5.74) is 1.98. The lowest BCUT2D eigenvalue weighted by atomic mass is 10.2. The second-order valence-electron chi connectivity index (χ2n) is 4.16. The smallest absolute Gasteiger partial charge is 0.294 e. The van der Waals surface area contributed by atoms with E-state index in [2.05, 4.69) is 15.3 Å². The predicted molar refractivity (Wildman–Crippen MR) is 62.6 cm³/mol. The zero-order valence-electron chi connectivity index (χ0n) is 9.07. The van der Waals surface area contributed by atoms with Crippen LogP contribution in [-0.4, -0.2) is 29.2 Å². The van der Waals surface area contributed by atoms with Crippen LogP contribution in [0.4, 0.5) is 0 Å². The van der Waals surface area contributed by atoms with Crippen LogP contribution in [-0.2, 0) is 0 Å². The minimum absolute atomic E-state index is 0.480. The van der Waals surface area contributed by atoms with Crippen LogP contribution in [0, 0.1) is 0 Å². The Hall–Kier alpha value is -1.55. The molecule has 0 saturated carbocycles. The minimum atomic E-state index is 0.480. The Balaban J connectivity index is 1.69. The number of nitrogens with one attached hydrogen (secondary N) is 2. The van der Waals surface area contributed by atoms with E-state index in [0.29, 0.717) is 18.7 Å². The number of aromatic amines is 1. The topological polar surface area (TPSA) is 49.9 Å². The van der Waals surface area contributed by atoms with Crippen molar-refractivity contribution in [3.05, 3.63) is 24.3 Å². The van der Waals surface area contributed by atoms with Crippen molar-refractivity contribution in [2.75, 3.05) is 13.2 Å². The van der Waals surface area contributed by atoms with E-state index in [1.165, 1.54) is 12.8 Å². The fourth-order valence-electron chi connectivity index (χ4n) is 2.08. The van der Waals surface area contributed by atoms with Gasteiger partial charge in [-0.3, -0.25) is 0 Å². The van der Waals surface area contributed by atoms with Gasteiger partial charge in [0.1, 0.15) is 6.61 Å². The highest BCUT2D eigenvalue weighted by molar-refractivity contribution is 5.75. The first-order chi connectivity index (χ1) is 7.92. The van der Waals surface area contributed by atoms with E-state index in [4.69, 9.17) is 4.74 Å². The van der Waals surface area contributed by atoms with Gasteiger partial charge in [-0.2, -0.15) is 4.98 Å².